The van der Waals surface area contributed by atoms with Crippen LogP contribution in [0, 0.1) is 5.92 Å². The van der Waals surface area contributed by atoms with E-state index in [0.717, 1.165) is 24.5 Å². The Labute approximate surface area is 176 Å². The number of carbonyl (C=O) groups is 2. The first-order valence-electron chi connectivity index (χ1n) is 10.1. The average molecular weight is 415 g/mol. The van der Waals surface area contributed by atoms with Crippen LogP contribution in [0.2, 0.25) is 5.02 Å². The number of ether oxygens (including phenoxy) is 1. The van der Waals surface area contributed by atoms with Crippen LogP contribution in [0.15, 0.2) is 48.5 Å². The van der Waals surface area contributed by atoms with Gasteiger partial charge >= 0.3 is 0 Å². The monoisotopic (exact) mass is 414 g/mol. The Hall–Kier alpha value is -2.53. The standard InChI is InChI=1S/C23H27ClN2O3/c1-16-2-10-20(11-3-16)29-21-12-6-18(7-13-21)23(28)26-15-14-25-22(27)17-4-8-19(24)9-5-17/h4-9,12-13,16,20H,2-3,10-11,14-15H2,1H3,(H,25,27)(H,26,28)/t16-,20-. The van der Waals surface area contributed by atoms with E-state index in [-0.39, 0.29) is 17.9 Å². The molecule has 0 bridgehead atoms. The summed E-state index contributed by atoms with van der Waals surface area (Å²) in [7, 11) is 0. The van der Waals surface area contributed by atoms with Gasteiger partial charge in [-0.1, -0.05) is 18.5 Å². The average Bonchev–Trinajstić information content (AvgIpc) is 2.73. The fourth-order valence-electron chi connectivity index (χ4n) is 3.38. The van der Waals surface area contributed by atoms with Crippen LogP contribution in [-0.2, 0) is 0 Å². The topological polar surface area (TPSA) is 67.4 Å². The second-order valence-electron chi connectivity index (χ2n) is 7.54. The van der Waals surface area contributed by atoms with Crippen LogP contribution in [0.1, 0.15) is 53.3 Å². The largest absolute Gasteiger partial charge is 0.490 e. The molecule has 3 rings (SSSR count). The minimum Gasteiger partial charge on any atom is -0.490 e. The third-order valence-corrected chi connectivity index (χ3v) is 5.44. The molecule has 1 aliphatic rings. The van der Waals surface area contributed by atoms with Crippen molar-refractivity contribution in [1.29, 1.82) is 0 Å². The van der Waals surface area contributed by atoms with Crippen molar-refractivity contribution in [3.8, 4) is 5.75 Å². The van der Waals surface area contributed by atoms with Crippen molar-refractivity contribution in [3.63, 3.8) is 0 Å². The summed E-state index contributed by atoms with van der Waals surface area (Å²) in [6.07, 6.45) is 4.87. The zero-order valence-electron chi connectivity index (χ0n) is 16.6. The Bertz CT molecular complexity index is 813. The van der Waals surface area contributed by atoms with Crippen LogP contribution < -0.4 is 15.4 Å². The Morgan fingerprint density at radius 2 is 1.34 bits per heavy atom. The van der Waals surface area contributed by atoms with Crippen molar-refractivity contribution in [3.05, 3.63) is 64.7 Å². The van der Waals surface area contributed by atoms with E-state index in [1.54, 1.807) is 36.4 Å². The number of nitrogens with one attached hydrogen (secondary N) is 2. The lowest BCUT2D eigenvalue weighted by Crippen LogP contribution is -2.34. The number of benzene rings is 2. The predicted molar refractivity (Wildman–Crippen MR) is 115 cm³/mol. The van der Waals surface area contributed by atoms with Gasteiger partial charge in [-0.05, 0) is 80.1 Å². The molecule has 2 aromatic carbocycles. The summed E-state index contributed by atoms with van der Waals surface area (Å²) in [5.41, 5.74) is 1.10. The van der Waals surface area contributed by atoms with Crippen molar-refractivity contribution >= 4 is 23.4 Å². The van der Waals surface area contributed by atoms with Crippen LogP contribution in [0.25, 0.3) is 0 Å². The Kier molecular flexibility index (Phi) is 7.53. The van der Waals surface area contributed by atoms with E-state index in [2.05, 4.69) is 17.6 Å². The third kappa shape index (κ3) is 6.50. The van der Waals surface area contributed by atoms with Crippen LogP contribution in [-0.4, -0.2) is 31.0 Å². The van der Waals surface area contributed by atoms with Crippen LogP contribution in [0.4, 0.5) is 0 Å². The molecule has 0 saturated heterocycles. The van der Waals surface area contributed by atoms with Gasteiger partial charge in [0.15, 0.2) is 0 Å². The number of hydrogen-bond donors (Lipinski definition) is 2. The second kappa shape index (κ2) is 10.3. The predicted octanol–water partition coefficient (Wildman–Crippen LogP) is 4.46. The van der Waals surface area contributed by atoms with Gasteiger partial charge in [-0.2, -0.15) is 0 Å². The van der Waals surface area contributed by atoms with Crippen LogP contribution in [0.3, 0.4) is 0 Å². The zero-order chi connectivity index (χ0) is 20.6. The van der Waals surface area contributed by atoms with Gasteiger partial charge in [0, 0.05) is 29.2 Å². The van der Waals surface area contributed by atoms with E-state index in [4.69, 9.17) is 16.3 Å². The molecule has 29 heavy (non-hydrogen) atoms. The molecule has 154 valence electrons. The summed E-state index contributed by atoms with van der Waals surface area (Å²) >= 11 is 5.81. The maximum Gasteiger partial charge on any atom is 0.251 e. The third-order valence-electron chi connectivity index (χ3n) is 5.18. The summed E-state index contributed by atoms with van der Waals surface area (Å²) in [6.45, 7) is 2.97. The molecule has 0 aromatic heterocycles. The molecule has 2 aromatic rings. The number of halogens is 1. The van der Waals surface area contributed by atoms with E-state index in [1.165, 1.54) is 12.8 Å². The molecule has 0 unspecified atom stereocenters. The fourth-order valence-corrected chi connectivity index (χ4v) is 3.51. The number of rotatable bonds is 7. The molecular weight excluding hydrogens is 388 g/mol. The van der Waals surface area contributed by atoms with Gasteiger partial charge in [-0.3, -0.25) is 9.59 Å². The van der Waals surface area contributed by atoms with E-state index in [0.29, 0.717) is 29.2 Å². The summed E-state index contributed by atoms with van der Waals surface area (Å²) in [6, 6.07) is 13.9. The highest BCUT2D eigenvalue weighted by Crippen LogP contribution is 2.27. The minimum atomic E-state index is -0.200. The normalized spacial score (nSPS) is 18.7. The lowest BCUT2D eigenvalue weighted by atomic mass is 9.89. The molecule has 0 radical (unpaired) electrons. The van der Waals surface area contributed by atoms with Crippen molar-refractivity contribution in [1.82, 2.24) is 10.6 Å². The number of hydrogen-bond acceptors (Lipinski definition) is 3. The van der Waals surface area contributed by atoms with Gasteiger partial charge in [-0.15, -0.1) is 0 Å². The van der Waals surface area contributed by atoms with E-state index < -0.39 is 0 Å². The van der Waals surface area contributed by atoms with Crippen molar-refractivity contribution in [2.45, 2.75) is 38.7 Å². The maximum atomic E-state index is 12.3. The second-order valence-corrected chi connectivity index (χ2v) is 7.98. The highest BCUT2D eigenvalue weighted by molar-refractivity contribution is 6.30. The maximum absolute atomic E-state index is 12.3. The number of amides is 2. The molecule has 0 heterocycles. The van der Waals surface area contributed by atoms with E-state index in [1.807, 2.05) is 12.1 Å². The molecule has 0 spiro atoms. The van der Waals surface area contributed by atoms with Crippen LogP contribution >= 0.6 is 11.6 Å². The van der Waals surface area contributed by atoms with Gasteiger partial charge in [-0.25, -0.2) is 0 Å². The molecule has 0 aliphatic heterocycles. The molecule has 2 N–H and O–H groups in total. The summed E-state index contributed by atoms with van der Waals surface area (Å²) in [5.74, 6) is 1.21. The van der Waals surface area contributed by atoms with Crippen molar-refractivity contribution in [2.24, 2.45) is 5.92 Å². The molecule has 0 atom stereocenters. The van der Waals surface area contributed by atoms with Crippen molar-refractivity contribution in [2.75, 3.05) is 13.1 Å². The first-order chi connectivity index (χ1) is 14.0. The van der Waals surface area contributed by atoms with E-state index >= 15 is 0 Å². The minimum absolute atomic E-state index is 0.177. The molecular formula is C23H27ClN2O3. The number of carbonyl (C=O) groups excluding carboxylic acids is 2. The summed E-state index contributed by atoms with van der Waals surface area (Å²) in [4.78, 5) is 24.3. The van der Waals surface area contributed by atoms with Gasteiger partial charge in [0.1, 0.15) is 5.75 Å². The lowest BCUT2D eigenvalue weighted by molar-refractivity contribution is 0.0927. The summed E-state index contributed by atoms with van der Waals surface area (Å²) < 4.78 is 6.03. The molecule has 1 saturated carbocycles. The fraction of sp³-hybridized carbons (Fsp3) is 0.391. The molecule has 6 heteroatoms. The zero-order valence-corrected chi connectivity index (χ0v) is 17.4. The smallest absolute Gasteiger partial charge is 0.251 e. The Morgan fingerprint density at radius 3 is 1.86 bits per heavy atom. The quantitative estimate of drug-likeness (QED) is 0.657. The summed E-state index contributed by atoms with van der Waals surface area (Å²) in [5, 5.41) is 6.15. The molecule has 1 fully saturated rings. The Morgan fingerprint density at radius 1 is 0.862 bits per heavy atom. The van der Waals surface area contributed by atoms with E-state index in [9.17, 15) is 9.59 Å². The first-order valence-corrected chi connectivity index (χ1v) is 10.5. The van der Waals surface area contributed by atoms with Crippen LogP contribution in [0.5, 0.6) is 5.75 Å². The molecule has 1 aliphatic carbocycles. The van der Waals surface area contributed by atoms with Gasteiger partial charge < -0.3 is 15.4 Å². The highest BCUT2D eigenvalue weighted by atomic mass is 35.5. The first kappa shape index (κ1) is 21.2. The van der Waals surface area contributed by atoms with Crippen molar-refractivity contribution < 1.29 is 14.3 Å². The Balaban J connectivity index is 1.39. The molecule has 2 amide bonds. The van der Waals surface area contributed by atoms with Gasteiger partial charge in [0.25, 0.3) is 11.8 Å². The van der Waals surface area contributed by atoms with Gasteiger partial charge in [0.2, 0.25) is 0 Å². The lowest BCUT2D eigenvalue weighted by Gasteiger charge is -2.26. The van der Waals surface area contributed by atoms with Gasteiger partial charge in [0.05, 0.1) is 6.10 Å². The molecule has 5 nitrogen and oxygen atoms in total. The SMILES string of the molecule is C[C@H]1CC[C@H](Oc2ccc(C(=O)NCCNC(=O)c3ccc(Cl)cc3)cc2)CC1. The highest BCUT2D eigenvalue weighted by Gasteiger charge is 2.19.